The number of nitrogens with one attached hydrogen (secondary N) is 1. The molecule has 0 spiro atoms. The van der Waals surface area contributed by atoms with E-state index in [4.69, 9.17) is 0 Å². The highest BCUT2D eigenvalue weighted by molar-refractivity contribution is 5.94. The van der Waals surface area contributed by atoms with Crippen molar-refractivity contribution in [3.63, 3.8) is 0 Å². The number of hydrogen-bond donors (Lipinski definition) is 1. The highest BCUT2D eigenvalue weighted by Crippen LogP contribution is 2.17. The highest BCUT2D eigenvalue weighted by atomic mass is 16.1. The van der Waals surface area contributed by atoms with Crippen LogP contribution >= 0.6 is 0 Å². The van der Waals surface area contributed by atoms with Crippen LogP contribution in [0, 0.1) is 6.92 Å². The number of carbonyl (C=O) groups is 1. The summed E-state index contributed by atoms with van der Waals surface area (Å²) in [6.07, 6.45) is 6.31. The maximum absolute atomic E-state index is 12.6. The molecule has 5 nitrogen and oxygen atoms in total. The molecule has 4 rings (SSSR count). The van der Waals surface area contributed by atoms with Crippen molar-refractivity contribution in [2.45, 2.75) is 32.9 Å². The number of nitrogens with zero attached hydrogens (tertiary/aromatic N) is 3. The van der Waals surface area contributed by atoms with Gasteiger partial charge < -0.3 is 9.88 Å². The monoisotopic (exact) mass is 374 g/mol. The van der Waals surface area contributed by atoms with Crippen molar-refractivity contribution in [2.24, 2.45) is 0 Å². The smallest absolute Gasteiger partial charge is 0.251 e. The number of likely N-dealkylation sites (tertiary alicyclic amines) is 1. The molecule has 2 heterocycles. The number of aryl methyl sites for hydroxylation is 1. The molecule has 0 radical (unpaired) electrons. The van der Waals surface area contributed by atoms with Crippen LogP contribution in [0.25, 0.3) is 5.69 Å². The first-order valence-corrected chi connectivity index (χ1v) is 9.88. The minimum Gasteiger partial charge on any atom is -0.348 e. The van der Waals surface area contributed by atoms with Crippen LogP contribution in [0.4, 0.5) is 0 Å². The first kappa shape index (κ1) is 18.4. The van der Waals surface area contributed by atoms with Gasteiger partial charge in [0, 0.05) is 31.0 Å². The molecular weight excluding hydrogens is 348 g/mol. The van der Waals surface area contributed by atoms with E-state index in [1.165, 1.54) is 31.5 Å². The third-order valence-electron chi connectivity index (χ3n) is 5.34. The van der Waals surface area contributed by atoms with Crippen LogP contribution in [-0.2, 0) is 13.1 Å². The Kier molecular flexibility index (Phi) is 5.53. The summed E-state index contributed by atoms with van der Waals surface area (Å²) in [5.74, 6) is 0.872. The predicted octanol–water partition coefficient (Wildman–Crippen LogP) is 3.71. The lowest BCUT2D eigenvalue weighted by Crippen LogP contribution is -2.23. The Morgan fingerprint density at radius 2 is 1.82 bits per heavy atom. The van der Waals surface area contributed by atoms with Gasteiger partial charge in [-0.3, -0.25) is 9.69 Å². The molecule has 1 fully saturated rings. The first-order valence-electron chi connectivity index (χ1n) is 9.88. The number of para-hydroxylation sites is 1. The molecule has 1 amide bonds. The predicted molar refractivity (Wildman–Crippen MR) is 110 cm³/mol. The zero-order valence-corrected chi connectivity index (χ0v) is 16.3. The summed E-state index contributed by atoms with van der Waals surface area (Å²) in [7, 11) is 0. The maximum atomic E-state index is 12.6. The van der Waals surface area contributed by atoms with E-state index in [9.17, 15) is 4.79 Å². The van der Waals surface area contributed by atoms with Crippen LogP contribution in [0.15, 0.2) is 60.9 Å². The Balaban J connectivity index is 1.40. The Morgan fingerprint density at radius 3 is 2.54 bits per heavy atom. The number of imidazole rings is 1. The molecule has 3 aromatic rings. The number of amides is 1. The summed E-state index contributed by atoms with van der Waals surface area (Å²) in [6.45, 7) is 5.77. The first-order chi connectivity index (χ1) is 13.7. The summed E-state index contributed by atoms with van der Waals surface area (Å²) in [5, 5.41) is 3.05. The lowest BCUT2D eigenvalue weighted by Gasteiger charge is -2.15. The van der Waals surface area contributed by atoms with Crippen LogP contribution < -0.4 is 5.32 Å². The summed E-state index contributed by atoms with van der Waals surface area (Å²) in [6, 6.07) is 16.0. The minimum absolute atomic E-state index is 0.0510. The number of rotatable bonds is 6. The van der Waals surface area contributed by atoms with E-state index in [0.29, 0.717) is 12.1 Å². The molecule has 1 saturated heterocycles. The standard InChI is InChI=1S/C23H26N4O/c1-18-24-12-15-27(18)22-7-3-2-6-21(22)16-25-23(28)20-10-8-19(9-11-20)17-26-13-4-5-14-26/h2-3,6-12,15H,4-5,13-14,16-17H2,1H3,(H,25,28). The van der Waals surface area contributed by atoms with Crippen molar-refractivity contribution in [1.29, 1.82) is 0 Å². The Morgan fingerprint density at radius 1 is 1.07 bits per heavy atom. The topological polar surface area (TPSA) is 50.2 Å². The molecule has 5 heteroatoms. The fourth-order valence-corrected chi connectivity index (χ4v) is 3.77. The van der Waals surface area contributed by atoms with Gasteiger partial charge in [0.05, 0.1) is 5.69 Å². The van der Waals surface area contributed by atoms with Crippen LogP contribution in [0.3, 0.4) is 0 Å². The highest BCUT2D eigenvalue weighted by Gasteiger charge is 2.13. The molecular formula is C23H26N4O. The normalized spacial score (nSPS) is 14.3. The van der Waals surface area contributed by atoms with Crippen molar-refractivity contribution in [2.75, 3.05) is 13.1 Å². The van der Waals surface area contributed by atoms with Crippen LogP contribution in [0.5, 0.6) is 0 Å². The summed E-state index contributed by atoms with van der Waals surface area (Å²) >= 11 is 0. The molecule has 144 valence electrons. The largest absolute Gasteiger partial charge is 0.348 e. The molecule has 0 aliphatic carbocycles. The quantitative estimate of drug-likeness (QED) is 0.716. The fourth-order valence-electron chi connectivity index (χ4n) is 3.77. The molecule has 0 unspecified atom stereocenters. The lowest BCUT2D eigenvalue weighted by molar-refractivity contribution is 0.0951. The third-order valence-corrected chi connectivity index (χ3v) is 5.34. The molecule has 1 N–H and O–H groups in total. The van der Waals surface area contributed by atoms with Gasteiger partial charge in [0.25, 0.3) is 5.91 Å². The van der Waals surface area contributed by atoms with E-state index in [1.54, 1.807) is 6.20 Å². The van der Waals surface area contributed by atoms with Gasteiger partial charge in [0.15, 0.2) is 0 Å². The lowest BCUT2D eigenvalue weighted by atomic mass is 10.1. The summed E-state index contributed by atoms with van der Waals surface area (Å²) in [5.41, 5.74) is 4.06. The number of carbonyl (C=O) groups excluding carboxylic acids is 1. The van der Waals surface area contributed by atoms with Gasteiger partial charge in [-0.15, -0.1) is 0 Å². The Bertz CT molecular complexity index is 939. The van der Waals surface area contributed by atoms with Crippen molar-refractivity contribution in [1.82, 2.24) is 19.8 Å². The molecule has 1 aliphatic rings. The van der Waals surface area contributed by atoms with E-state index >= 15 is 0 Å². The van der Waals surface area contributed by atoms with Crippen LogP contribution in [0.1, 0.15) is 40.2 Å². The van der Waals surface area contributed by atoms with E-state index in [0.717, 1.165) is 23.6 Å². The van der Waals surface area contributed by atoms with Crippen molar-refractivity contribution < 1.29 is 4.79 Å². The number of benzene rings is 2. The molecule has 1 aliphatic heterocycles. The SMILES string of the molecule is Cc1nccn1-c1ccccc1CNC(=O)c1ccc(CN2CCCC2)cc1. The maximum Gasteiger partial charge on any atom is 0.251 e. The Hall–Kier alpha value is -2.92. The number of aromatic nitrogens is 2. The molecule has 1 aromatic heterocycles. The number of hydrogen-bond acceptors (Lipinski definition) is 3. The van der Waals surface area contributed by atoms with Crippen LogP contribution in [-0.4, -0.2) is 33.4 Å². The van der Waals surface area contributed by atoms with Gasteiger partial charge in [0.2, 0.25) is 0 Å². The van der Waals surface area contributed by atoms with Gasteiger partial charge in [-0.05, 0) is 62.2 Å². The Labute approximate surface area is 166 Å². The molecule has 0 bridgehead atoms. The fraction of sp³-hybridized carbons (Fsp3) is 0.304. The molecule has 0 atom stereocenters. The van der Waals surface area contributed by atoms with Crippen molar-refractivity contribution in [3.8, 4) is 5.69 Å². The zero-order valence-electron chi connectivity index (χ0n) is 16.3. The van der Waals surface area contributed by atoms with Gasteiger partial charge in [0.1, 0.15) is 5.82 Å². The van der Waals surface area contributed by atoms with Crippen molar-refractivity contribution >= 4 is 5.91 Å². The van der Waals surface area contributed by atoms with Gasteiger partial charge in [-0.25, -0.2) is 4.98 Å². The van der Waals surface area contributed by atoms with E-state index in [-0.39, 0.29) is 5.91 Å². The van der Waals surface area contributed by atoms with E-state index in [1.807, 2.05) is 54.1 Å². The average molecular weight is 374 g/mol. The van der Waals surface area contributed by atoms with Gasteiger partial charge >= 0.3 is 0 Å². The zero-order chi connectivity index (χ0) is 19.3. The minimum atomic E-state index is -0.0510. The second kappa shape index (κ2) is 8.40. The van der Waals surface area contributed by atoms with E-state index < -0.39 is 0 Å². The summed E-state index contributed by atoms with van der Waals surface area (Å²) in [4.78, 5) is 19.4. The van der Waals surface area contributed by atoms with Gasteiger partial charge in [-0.2, -0.15) is 0 Å². The molecule has 2 aromatic carbocycles. The van der Waals surface area contributed by atoms with E-state index in [2.05, 4.69) is 27.3 Å². The van der Waals surface area contributed by atoms with Crippen LogP contribution in [0.2, 0.25) is 0 Å². The second-order valence-corrected chi connectivity index (χ2v) is 7.34. The second-order valence-electron chi connectivity index (χ2n) is 7.34. The molecule has 0 saturated carbocycles. The average Bonchev–Trinajstić information content (AvgIpc) is 3.38. The summed E-state index contributed by atoms with van der Waals surface area (Å²) < 4.78 is 2.04. The van der Waals surface area contributed by atoms with Crippen molar-refractivity contribution in [3.05, 3.63) is 83.4 Å². The third kappa shape index (κ3) is 4.15. The van der Waals surface area contributed by atoms with Gasteiger partial charge in [-0.1, -0.05) is 30.3 Å². The molecule has 28 heavy (non-hydrogen) atoms.